The van der Waals surface area contributed by atoms with Crippen molar-refractivity contribution < 1.29 is 13.2 Å². The molecule has 0 aliphatic heterocycles. The zero-order valence-electron chi connectivity index (χ0n) is 11.0. The van der Waals surface area contributed by atoms with Gasteiger partial charge in [0.05, 0.1) is 6.10 Å². The van der Waals surface area contributed by atoms with E-state index in [0.29, 0.717) is 6.54 Å². The number of nitrogens with zero attached hydrogens (tertiary/aromatic N) is 1. The average Bonchev–Trinajstić information content (AvgIpc) is 2.37. The van der Waals surface area contributed by atoms with Gasteiger partial charge >= 0.3 is 0 Å². The Morgan fingerprint density at radius 1 is 1.33 bits per heavy atom. The first-order chi connectivity index (χ1) is 8.45. The number of benzene rings is 1. The Bertz CT molecular complexity index is 448. The molecule has 0 aliphatic rings. The van der Waals surface area contributed by atoms with Crippen molar-refractivity contribution in [1.82, 2.24) is 9.03 Å². The van der Waals surface area contributed by atoms with Gasteiger partial charge in [-0.15, -0.1) is 0 Å². The van der Waals surface area contributed by atoms with Crippen LogP contribution in [-0.2, 0) is 21.5 Å². The van der Waals surface area contributed by atoms with Gasteiger partial charge in [0.15, 0.2) is 0 Å². The second-order valence-corrected chi connectivity index (χ2v) is 6.00. The van der Waals surface area contributed by atoms with Gasteiger partial charge in [0.2, 0.25) is 0 Å². The smallest absolute Gasteiger partial charge is 0.279 e. The predicted molar refractivity (Wildman–Crippen MR) is 71.3 cm³/mol. The minimum atomic E-state index is -3.46. The Kier molecular flexibility index (Phi) is 5.74. The number of methoxy groups -OCH3 is 1. The van der Waals surface area contributed by atoms with Gasteiger partial charge < -0.3 is 4.74 Å². The summed E-state index contributed by atoms with van der Waals surface area (Å²) in [6.07, 6.45) is -0.148. The minimum Gasteiger partial charge on any atom is -0.380 e. The van der Waals surface area contributed by atoms with Crippen LogP contribution < -0.4 is 4.72 Å². The summed E-state index contributed by atoms with van der Waals surface area (Å²) in [4.78, 5) is 0. The van der Waals surface area contributed by atoms with E-state index in [2.05, 4.69) is 4.72 Å². The molecule has 1 N–H and O–H groups in total. The predicted octanol–water partition coefficient (Wildman–Crippen LogP) is 0.988. The summed E-state index contributed by atoms with van der Waals surface area (Å²) in [6.45, 7) is 2.41. The first-order valence-corrected chi connectivity index (χ1v) is 7.17. The molecule has 0 amide bonds. The van der Waals surface area contributed by atoms with Crippen LogP contribution in [-0.4, -0.2) is 39.5 Å². The van der Waals surface area contributed by atoms with Crippen LogP contribution in [0, 0.1) is 0 Å². The van der Waals surface area contributed by atoms with Crippen LogP contribution in [0.4, 0.5) is 0 Å². The molecule has 0 saturated heterocycles. The molecule has 5 nitrogen and oxygen atoms in total. The van der Waals surface area contributed by atoms with Crippen molar-refractivity contribution in [3.05, 3.63) is 35.9 Å². The fourth-order valence-electron chi connectivity index (χ4n) is 1.34. The quantitative estimate of drug-likeness (QED) is 0.805. The van der Waals surface area contributed by atoms with Crippen molar-refractivity contribution in [2.24, 2.45) is 0 Å². The third-order valence-electron chi connectivity index (χ3n) is 2.61. The standard InChI is InChI=1S/C12H20N2O3S/c1-11(17-3)9-13-18(15,16)14(2)10-12-7-5-4-6-8-12/h4-8,11,13H,9-10H2,1-3H3. The van der Waals surface area contributed by atoms with Crippen LogP contribution in [0.5, 0.6) is 0 Å². The number of nitrogens with one attached hydrogen (secondary N) is 1. The van der Waals surface area contributed by atoms with E-state index in [1.54, 1.807) is 21.1 Å². The van der Waals surface area contributed by atoms with Crippen LogP contribution in [0.15, 0.2) is 30.3 Å². The van der Waals surface area contributed by atoms with E-state index in [1.165, 1.54) is 4.31 Å². The van der Waals surface area contributed by atoms with E-state index in [-0.39, 0.29) is 12.6 Å². The third-order valence-corrected chi connectivity index (χ3v) is 4.10. The summed E-state index contributed by atoms with van der Waals surface area (Å²) >= 11 is 0. The molecular weight excluding hydrogens is 252 g/mol. The van der Waals surface area contributed by atoms with Crippen molar-refractivity contribution in [2.75, 3.05) is 20.7 Å². The topological polar surface area (TPSA) is 58.6 Å². The third kappa shape index (κ3) is 4.73. The molecule has 1 aromatic carbocycles. The number of hydrogen-bond acceptors (Lipinski definition) is 3. The molecule has 0 bridgehead atoms. The number of rotatable bonds is 7. The molecule has 0 fully saturated rings. The highest BCUT2D eigenvalue weighted by molar-refractivity contribution is 7.87. The normalized spacial score (nSPS) is 13.8. The highest BCUT2D eigenvalue weighted by atomic mass is 32.2. The number of ether oxygens (including phenoxy) is 1. The fourth-order valence-corrected chi connectivity index (χ4v) is 2.33. The second kappa shape index (κ2) is 6.84. The van der Waals surface area contributed by atoms with Gasteiger partial charge in [-0.2, -0.15) is 17.4 Å². The Morgan fingerprint density at radius 3 is 2.50 bits per heavy atom. The number of hydrogen-bond donors (Lipinski definition) is 1. The molecule has 1 atom stereocenters. The molecule has 18 heavy (non-hydrogen) atoms. The molecule has 102 valence electrons. The lowest BCUT2D eigenvalue weighted by Crippen LogP contribution is -2.41. The molecule has 1 rings (SSSR count). The average molecular weight is 272 g/mol. The summed E-state index contributed by atoms with van der Waals surface area (Å²) < 4.78 is 32.6. The van der Waals surface area contributed by atoms with Gasteiger partial charge in [-0.3, -0.25) is 0 Å². The van der Waals surface area contributed by atoms with E-state index in [1.807, 2.05) is 30.3 Å². The summed E-state index contributed by atoms with van der Waals surface area (Å²) in [7, 11) is -0.364. The largest absolute Gasteiger partial charge is 0.380 e. The van der Waals surface area contributed by atoms with Gasteiger partial charge in [0.25, 0.3) is 10.2 Å². The maximum Gasteiger partial charge on any atom is 0.279 e. The van der Waals surface area contributed by atoms with Crippen molar-refractivity contribution in [3.63, 3.8) is 0 Å². The van der Waals surface area contributed by atoms with Crippen molar-refractivity contribution in [1.29, 1.82) is 0 Å². The minimum absolute atomic E-state index is 0.148. The fraction of sp³-hybridized carbons (Fsp3) is 0.500. The lowest BCUT2D eigenvalue weighted by atomic mass is 10.2. The lowest BCUT2D eigenvalue weighted by Gasteiger charge is -2.19. The Balaban J connectivity index is 2.57. The highest BCUT2D eigenvalue weighted by Crippen LogP contribution is 2.05. The molecule has 1 aromatic rings. The van der Waals surface area contributed by atoms with E-state index >= 15 is 0 Å². The van der Waals surface area contributed by atoms with Crippen LogP contribution >= 0.6 is 0 Å². The van der Waals surface area contributed by atoms with Gasteiger partial charge in [0, 0.05) is 27.2 Å². The van der Waals surface area contributed by atoms with Crippen molar-refractivity contribution in [3.8, 4) is 0 Å². The van der Waals surface area contributed by atoms with Crippen LogP contribution in [0.3, 0.4) is 0 Å². The first-order valence-electron chi connectivity index (χ1n) is 5.73. The SMILES string of the molecule is COC(C)CNS(=O)(=O)N(C)Cc1ccccc1. The van der Waals surface area contributed by atoms with Crippen LogP contribution in [0.2, 0.25) is 0 Å². The van der Waals surface area contributed by atoms with Gasteiger partial charge in [0.1, 0.15) is 0 Å². The van der Waals surface area contributed by atoms with E-state index in [9.17, 15) is 8.42 Å². The maximum atomic E-state index is 11.9. The summed E-state index contributed by atoms with van der Waals surface area (Å²) in [5.74, 6) is 0. The highest BCUT2D eigenvalue weighted by Gasteiger charge is 2.18. The molecule has 0 saturated carbocycles. The van der Waals surface area contributed by atoms with Gasteiger partial charge in [-0.1, -0.05) is 30.3 Å². The lowest BCUT2D eigenvalue weighted by molar-refractivity contribution is 0.121. The Morgan fingerprint density at radius 2 is 1.94 bits per heavy atom. The molecule has 0 heterocycles. The van der Waals surface area contributed by atoms with E-state index < -0.39 is 10.2 Å². The molecule has 6 heteroatoms. The van der Waals surface area contributed by atoms with Crippen LogP contribution in [0.1, 0.15) is 12.5 Å². The molecule has 0 radical (unpaired) electrons. The molecule has 0 spiro atoms. The van der Waals surface area contributed by atoms with Crippen LogP contribution in [0.25, 0.3) is 0 Å². The summed E-state index contributed by atoms with van der Waals surface area (Å²) in [6, 6.07) is 9.45. The van der Waals surface area contributed by atoms with Gasteiger partial charge in [-0.05, 0) is 12.5 Å². The van der Waals surface area contributed by atoms with Gasteiger partial charge in [-0.25, -0.2) is 0 Å². The van der Waals surface area contributed by atoms with E-state index in [0.717, 1.165) is 5.56 Å². The molecular formula is C12H20N2O3S. The molecule has 0 aliphatic carbocycles. The van der Waals surface area contributed by atoms with Crippen molar-refractivity contribution in [2.45, 2.75) is 19.6 Å². The maximum absolute atomic E-state index is 11.9. The zero-order chi connectivity index (χ0) is 13.6. The Labute approximate surface area is 109 Å². The zero-order valence-corrected chi connectivity index (χ0v) is 11.8. The monoisotopic (exact) mass is 272 g/mol. The first kappa shape index (κ1) is 15.1. The van der Waals surface area contributed by atoms with E-state index in [4.69, 9.17) is 4.74 Å². The second-order valence-electron chi connectivity index (χ2n) is 4.14. The molecule has 1 unspecified atom stereocenters. The summed E-state index contributed by atoms with van der Waals surface area (Å²) in [5, 5.41) is 0. The summed E-state index contributed by atoms with van der Waals surface area (Å²) in [5.41, 5.74) is 0.949. The molecule has 0 aromatic heterocycles. The Hall–Kier alpha value is -0.950. The van der Waals surface area contributed by atoms with Crippen molar-refractivity contribution >= 4 is 10.2 Å².